The topological polar surface area (TPSA) is 134 Å². The van der Waals surface area contributed by atoms with Gasteiger partial charge in [-0.3, -0.25) is 4.79 Å². The summed E-state index contributed by atoms with van der Waals surface area (Å²) in [6.07, 6.45) is 3.54. The van der Waals surface area contributed by atoms with Gasteiger partial charge in [-0.2, -0.15) is 4.80 Å². The van der Waals surface area contributed by atoms with Crippen LogP contribution < -0.4 is 4.74 Å². The van der Waals surface area contributed by atoms with Gasteiger partial charge in [-0.15, -0.1) is 15.3 Å². The fraction of sp³-hybridized carbons (Fsp3) is 0.550. The first-order chi connectivity index (χ1) is 14.9. The first kappa shape index (κ1) is 20.9. The number of ether oxygens (including phenoxy) is 1. The molecule has 1 N–H and O–H groups in total. The number of carboxylic acids is 1. The Hall–Kier alpha value is -3.37. The average molecular weight is 426 g/mol. The van der Waals surface area contributed by atoms with Gasteiger partial charge in [0.1, 0.15) is 18.0 Å². The Balaban J connectivity index is 1.52. The molecule has 31 heavy (non-hydrogen) atoms. The summed E-state index contributed by atoms with van der Waals surface area (Å²) in [5.41, 5.74) is 2.86. The standard InChI is InChI=1S/C20H26N8O3/c1-4-18-22-26-28(24-18)11-16-19(23-25-27(16)3)15-8-9-17(12(2)21-15)31-14-7-5-6-13(10-14)20(29)30/h8-9,13-14H,4-7,10-11H2,1-3H3,(H,29,30)/t13-,14-/m0/s1. The van der Waals surface area contributed by atoms with Crippen LogP contribution >= 0.6 is 0 Å². The SMILES string of the molecule is CCc1nnn(Cc2c(-c3ccc(O[C@H]4CCC[C@H](C(=O)O)C4)c(C)n3)nnn2C)n1. The Bertz CT molecular complexity index is 1080. The lowest BCUT2D eigenvalue weighted by atomic mass is 9.87. The lowest BCUT2D eigenvalue weighted by molar-refractivity contribution is -0.143. The molecule has 1 aliphatic carbocycles. The van der Waals surface area contributed by atoms with E-state index in [9.17, 15) is 9.90 Å². The maximum atomic E-state index is 11.3. The minimum absolute atomic E-state index is 0.112. The highest BCUT2D eigenvalue weighted by Gasteiger charge is 2.28. The third-order valence-electron chi connectivity index (χ3n) is 5.59. The van der Waals surface area contributed by atoms with E-state index >= 15 is 0 Å². The van der Waals surface area contributed by atoms with Crippen LogP contribution in [-0.2, 0) is 24.8 Å². The van der Waals surface area contributed by atoms with Crippen molar-refractivity contribution in [3.05, 3.63) is 29.3 Å². The second-order valence-corrected chi connectivity index (χ2v) is 7.82. The zero-order valence-electron chi connectivity index (χ0n) is 17.9. The molecule has 3 aromatic heterocycles. The Morgan fingerprint density at radius 3 is 2.81 bits per heavy atom. The van der Waals surface area contributed by atoms with Crippen molar-refractivity contribution in [2.24, 2.45) is 13.0 Å². The van der Waals surface area contributed by atoms with E-state index < -0.39 is 5.97 Å². The molecule has 0 saturated heterocycles. The van der Waals surface area contributed by atoms with Gasteiger partial charge in [0.05, 0.1) is 29.1 Å². The van der Waals surface area contributed by atoms with Crippen molar-refractivity contribution < 1.29 is 14.6 Å². The van der Waals surface area contributed by atoms with Crippen molar-refractivity contribution >= 4 is 5.97 Å². The molecule has 0 aliphatic heterocycles. The van der Waals surface area contributed by atoms with E-state index in [0.717, 1.165) is 24.2 Å². The first-order valence-corrected chi connectivity index (χ1v) is 10.5. The molecule has 11 heteroatoms. The van der Waals surface area contributed by atoms with E-state index in [1.54, 1.807) is 4.68 Å². The molecule has 1 fully saturated rings. The van der Waals surface area contributed by atoms with Crippen molar-refractivity contribution in [3.8, 4) is 17.1 Å². The highest BCUT2D eigenvalue weighted by atomic mass is 16.5. The number of aryl methyl sites for hydroxylation is 3. The highest BCUT2D eigenvalue weighted by Crippen LogP contribution is 2.30. The van der Waals surface area contributed by atoms with E-state index in [-0.39, 0.29) is 12.0 Å². The van der Waals surface area contributed by atoms with Gasteiger partial charge in [-0.25, -0.2) is 9.67 Å². The van der Waals surface area contributed by atoms with Gasteiger partial charge in [-0.05, 0) is 50.0 Å². The molecule has 4 rings (SSSR count). The number of nitrogens with zero attached hydrogens (tertiary/aromatic N) is 8. The summed E-state index contributed by atoms with van der Waals surface area (Å²) in [4.78, 5) is 17.5. The van der Waals surface area contributed by atoms with Crippen LogP contribution in [-0.4, -0.2) is 57.4 Å². The number of rotatable bonds is 7. The second-order valence-electron chi connectivity index (χ2n) is 7.82. The van der Waals surface area contributed by atoms with Crippen LogP contribution in [0.2, 0.25) is 0 Å². The minimum Gasteiger partial charge on any atom is -0.489 e. The van der Waals surface area contributed by atoms with Gasteiger partial charge in [0, 0.05) is 13.5 Å². The van der Waals surface area contributed by atoms with Gasteiger partial charge in [0.25, 0.3) is 0 Å². The molecule has 3 aromatic rings. The predicted octanol–water partition coefficient (Wildman–Crippen LogP) is 1.80. The van der Waals surface area contributed by atoms with Crippen LogP contribution in [0.25, 0.3) is 11.4 Å². The number of tetrazole rings is 1. The summed E-state index contributed by atoms with van der Waals surface area (Å²) in [6.45, 7) is 4.23. The zero-order valence-corrected chi connectivity index (χ0v) is 17.9. The number of carboxylic acid groups (broad SMARTS) is 1. The van der Waals surface area contributed by atoms with Gasteiger partial charge in [0.2, 0.25) is 0 Å². The molecule has 164 valence electrons. The molecule has 11 nitrogen and oxygen atoms in total. The number of pyridine rings is 1. The maximum Gasteiger partial charge on any atom is 0.306 e. The molecule has 0 amide bonds. The Morgan fingerprint density at radius 2 is 2.10 bits per heavy atom. The fourth-order valence-corrected chi connectivity index (χ4v) is 3.83. The first-order valence-electron chi connectivity index (χ1n) is 10.5. The molecule has 0 spiro atoms. The third-order valence-corrected chi connectivity index (χ3v) is 5.59. The molecule has 0 aromatic carbocycles. The van der Waals surface area contributed by atoms with Crippen LogP contribution in [0.5, 0.6) is 5.75 Å². The Kier molecular flexibility index (Phi) is 5.92. The number of aromatic nitrogens is 8. The van der Waals surface area contributed by atoms with E-state index in [4.69, 9.17) is 4.74 Å². The largest absolute Gasteiger partial charge is 0.489 e. The Morgan fingerprint density at radius 1 is 1.26 bits per heavy atom. The van der Waals surface area contributed by atoms with Crippen molar-refractivity contribution in [3.63, 3.8) is 0 Å². The molecule has 1 aliphatic rings. The second kappa shape index (κ2) is 8.78. The van der Waals surface area contributed by atoms with Crippen LogP contribution in [0.15, 0.2) is 12.1 Å². The predicted molar refractivity (Wildman–Crippen MR) is 109 cm³/mol. The van der Waals surface area contributed by atoms with Crippen LogP contribution in [0, 0.1) is 12.8 Å². The number of hydrogen-bond donors (Lipinski definition) is 1. The van der Waals surface area contributed by atoms with Crippen molar-refractivity contribution in [2.75, 3.05) is 0 Å². The van der Waals surface area contributed by atoms with Crippen molar-refractivity contribution in [1.29, 1.82) is 0 Å². The van der Waals surface area contributed by atoms with Crippen LogP contribution in [0.4, 0.5) is 0 Å². The van der Waals surface area contributed by atoms with Crippen LogP contribution in [0.1, 0.15) is 49.8 Å². The van der Waals surface area contributed by atoms with Crippen molar-refractivity contribution in [1.82, 2.24) is 40.2 Å². The Labute approximate surface area is 179 Å². The number of hydrogen-bond acceptors (Lipinski definition) is 8. The third kappa shape index (κ3) is 4.54. The van der Waals surface area contributed by atoms with Gasteiger partial charge < -0.3 is 9.84 Å². The smallest absolute Gasteiger partial charge is 0.306 e. The molecule has 0 radical (unpaired) electrons. The molecular formula is C20H26N8O3. The molecule has 2 atom stereocenters. The summed E-state index contributed by atoms with van der Waals surface area (Å²) in [7, 11) is 1.82. The van der Waals surface area contributed by atoms with Crippen LogP contribution in [0.3, 0.4) is 0 Å². The summed E-state index contributed by atoms with van der Waals surface area (Å²) in [5.74, 6) is 0.254. The molecular weight excluding hydrogens is 400 g/mol. The normalized spacial score (nSPS) is 18.8. The summed E-state index contributed by atoms with van der Waals surface area (Å²) >= 11 is 0. The molecule has 3 heterocycles. The zero-order chi connectivity index (χ0) is 22.0. The monoisotopic (exact) mass is 426 g/mol. The number of aliphatic carboxylic acids is 1. The van der Waals surface area contributed by atoms with Gasteiger partial charge in [-0.1, -0.05) is 12.1 Å². The van der Waals surface area contributed by atoms with E-state index in [1.807, 2.05) is 33.0 Å². The van der Waals surface area contributed by atoms with Crippen molar-refractivity contribution in [2.45, 2.75) is 58.6 Å². The van der Waals surface area contributed by atoms with Gasteiger partial charge in [0.15, 0.2) is 5.82 Å². The maximum absolute atomic E-state index is 11.3. The quantitative estimate of drug-likeness (QED) is 0.600. The number of carbonyl (C=O) groups is 1. The summed E-state index contributed by atoms with van der Waals surface area (Å²) in [5, 5.41) is 30.1. The van der Waals surface area contributed by atoms with E-state index in [0.29, 0.717) is 48.8 Å². The lowest BCUT2D eigenvalue weighted by Crippen LogP contribution is -2.29. The minimum atomic E-state index is -0.749. The lowest BCUT2D eigenvalue weighted by Gasteiger charge is -2.27. The molecule has 1 saturated carbocycles. The summed E-state index contributed by atoms with van der Waals surface area (Å²) in [6, 6.07) is 3.71. The van der Waals surface area contributed by atoms with E-state index in [2.05, 4.69) is 30.7 Å². The highest BCUT2D eigenvalue weighted by molar-refractivity contribution is 5.70. The van der Waals surface area contributed by atoms with Gasteiger partial charge >= 0.3 is 5.97 Å². The molecule has 0 bridgehead atoms. The average Bonchev–Trinajstić information content (AvgIpc) is 3.37. The summed E-state index contributed by atoms with van der Waals surface area (Å²) < 4.78 is 7.78. The fourth-order valence-electron chi connectivity index (χ4n) is 3.83. The molecule has 0 unspecified atom stereocenters. The van der Waals surface area contributed by atoms with E-state index in [1.165, 1.54) is 4.80 Å².